The third kappa shape index (κ3) is 7.40. The van der Waals surface area contributed by atoms with Crippen molar-refractivity contribution in [2.45, 2.75) is 39.7 Å². The van der Waals surface area contributed by atoms with Crippen molar-refractivity contribution in [1.82, 2.24) is 5.32 Å². The second-order valence-corrected chi connectivity index (χ2v) is 7.51. The van der Waals surface area contributed by atoms with Crippen LogP contribution in [-0.2, 0) is 9.59 Å². The molecule has 0 aliphatic rings. The van der Waals surface area contributed by atoms with Gasteiger partial charge >= 0.3 is 0 Å². The molecule has 0 radical (unpaired) electrons. The maximum Gasteiger partial charge on any atom is 0.251 e. The van der Waals surface area contributed by atoms with E-state index in [-0.39, 0.29) is 30.3 Å². The molecule has 30 heavy (non-hydrogen) atoms. The monoisotopic (exact) mass is 430 g/mol. The van der Waals surface area contributed by atoms with Gasteiger partial charge in [-0.3, -0.25) is 14.4 Å². The third-order valence-electron chi connectivity index (χ3n) is 3.99. The predicted molar refractivity (Wildman–Crippen MR) is 121 cm³/mol. The Labute approximate surface area is 181 Å². The molecule has 0 unspecified atom stereocenters. The maximum atomic E-state index is 12.3. The van der Waals surface area contributed by atoms with Crippen LogP contribution in [0.4, 0.5) is 17.1 Å². The quantitative estimate of drug-likeness (QED) is 0.477. The number of rotatable bonds is 9. The van der Waals surface area contributed by atoms with Gasteiger partial charge in [-0.15, -0.1) is 0 Å². The van der Waals surface area contributed by atoms with Crippen molar-refractivity contribution >= 4 is 46.4 Å². The lowest BCUT2D eigenvalue weighted by Gasteiger charge is -2.12. The molecule has 0 saturated heterocycles. The minimum Gasteiger partial charge on any atom is -0.375 e. The molecule has 0 aliphatic heterocycles. The van der Waals surface area contributed by atoms with Gasteiger partial charge in [0.25, 0.3) is 5.91 Å². The fourth-order valence-corrected chi connectivity index (χ4v) is 2.84. The van der Waals surface area contributed by atoms with Crippen LogP contribution in [0.5, 0.6) is 0 Å². The van der Waals surface area contributed by atoms with E-state index in [2.05, 4.69) is 21.3 Å². The molecular weight excluding hydrogens is 404 g/mol. The molecule has 2 aromatic rings. The van der Waals surface area contributed by atoms with E-state index in [0.717, 1.165) is 6.42 Å². The molecule has 160 valence electrons. The Morgan fingerprint density at radius 3 is 2.37 bits per heavy atom. The second-order valence-electron chi connectivity index (χ2n) is 7.10. The van der Waals surface area contributed by atoms with Crippen LogP contribution in [0.25, 0.3) is 0 Å². The molecule has 3 amide bonds. The third-order valence-corrected chi connectivity index (χ3v) is 4.32. The van der Waals surface area contributed by atoms with Crippen LogP contribution in [0.1, 0.15) is 44.0 Å². The molecule has 4 N–H and O–H groups in total. The van der Waals surface area contributed by atoms with Gasteiger partial charge < -0.3 is 21.3 Å². The van der Waals surface area contributed by atoms with Crippen molar-refractivity contribution in [3.8, 4) is 0 Å². The van der Waals surface area contributed by atoms with E-state index in [1.54, 1.807) is 42.5 Å². The van der Waals surface area contributed by atoms with Crippen molar-refractivity contribution in [1.29, 1.82) is 0 Å². The first-order chi connectivity index (χ1) is 14.3. The molecule has 0 spiro atoms. The van der Waals surface area contributed by atoms with Gasteiger partial charge in [0.1, 0.15) is 0 Å². The Kier molecular flexibility index (Phi) is 8.68. The van der Waals surface area contributed by atoms with Gasteiger partial charge in [0.05, 0.1) is 17.3 Å². The van der Waals surface area contributed by atoms with Crippen LogP contribution in [-0.4, -0.2) is 30.3 Å². The van der Waals surface area contributed by atoms with Gasteiger partial charge in [-0.1, -0.05) is 24.6 Å². The topological polar surface area (TPSA) is 99.3 Å². The van der Waals surface area contributed by atoms with E-state index >= 15 is 0 Å². The van der Waals surface area contributed by atoms with Crippen LogP contribution < -0.4 is 21.3 Å². The molecule has 0 heterocycles. The zero-order chi connectivity index (χ0) is 22.1. The number of hydrogen-bond acceptors (Lipinski definition) is 4. The number of halogens is 1. The predicted octanol–water partition coefficient (Wildman–Crippen LogP) is 4.27. The summed E-state index contributed by atoms with van der Waals surface area (Å²) in [6.07, 6.45) is 1.19. The summed E-state index contributed by atoms with van der Waals surface area (Å²) in [6, 6.07) is 11.8. The summed E-state index contributed by atoms with van der Waals surface area (Å²) in [4.78, 5) is 36.2. The fraction of sp³-hybridized carbons (Fsp3) is 0.318. The lowest BCUT2D eigenvalue weighted by molar-refractivity contribution is -0.116. The molecule has 7 nitrogen and oxygen atoms in total. The Balaban J connectivity index is 1.96. The smallest absolute Gasteiger partial charge is 0.251 e. The average molecular weight is 431 g/mol. The molecular formula is C22H27ClN4O3. The number of anilines is 3. The fourth-order valence-electron chi connectivity index (χ4n) is 2.65. The number of nitrogens with one attached hydrogen (secondary N) is 4. The number of carbonyl (C=O) groups excluding carboxylic acids is 3. The second kappa shape index (κ2) is 11.2. The summed E-state index contributed by atoms with van der Waals surface area (Å²) in [5.41, 5.74) is 2.12. The zero-order valence-corrected chi connectivity index (χ0v) is 18.1. The molecule has 0 aliphatic carbocycles. The van der Waals surface area contributed by atoms with E-state index < -0.39 is 0 Å². The summed E-state index contributed by atoms with van der Waals surface area (Å²) >= 11 is 6.18. The number of benzene rings is 2. The van der Waals surface area contributed by atoms with Crippen molar-refractivity contribution in [2.24, 2.45) is 0 Å². The van der Waals surface area contributed by atoms with Gasteiger partial charge in [-0.25, -0.2) is 0 Å². The lowest BCUT2D eigenvalue weighted by Crippen LogP contribution is -2.30. The number of hydrogen-bond donors (Lipinski definition) is 4. The van der Waals surface area contributed by atoms with Crippen LogP contribution in [0.2, 0.25) is 5.02 Å². The first kappa shape index (κ1) is 23.2. The normalized spacial score (nSPS) is 10.4. The Bertz CT molecular complexity index is 915. The lowest BCUT2D eigenvalue weighted by atomic mass is 10.1. The SMILES string of the molecule is CCCC(=O)Nc1ccc(Cl)c(NCC(=O)Nc2cccc(C(=O)NC(C)C)c2)c1. The minimum absolute atomic E-state index is 0.0206. The molecule has 2 rings (SSSR count). The molecule has 0 aromatic heterocycles. The zero-order valence-electron chi connectivity index (χ0n) is 17.3. The summed E-state index contributed by atoms with van der Waals surface area (Å²) in [5, 5.41) is 11.8. The van der Waals surface area contributed by atoms with Gasteiger partial charge in [-0.05, 0) is 56.7 Å². The largest absolute Gasteiger partial charge is 0.375 e. The Morgan fingerprint density at radius 1 is 0.967 bits per heavy atom. The molecule has 0 saturated carbocycles. The molecule has 2 aromatic carbocycles. The number of carbonyl (C=O) groups is 3. The van der Waals surface area contributed by atoms with Gasteiger partial charge in [0, 0.05) is 29.4 Å². The first-order valence-electron chi connectivity index (χ1n) is 9.82. The summed E-state index contributed by atoms with van der Waals surface area (Å²) in [5.74, 6) is -0.578. The van der Waals surface area contributed by atoms with Crippen molar-refractivity contribution in [2.75, 3.05) is 22.5 Å². The molecule has 0 atom stereocenters. The highest BCUT2D eigenvalue weighted by molar-refractivity contribution is 6.33. The standard InChI is InChI=1S/C22H27ClN4O3/c1-4-6-20(28)26-17-9-10-18(23)19(12-17)24-13-21(29)27-16-8-5-7-15(11-16)22(30)25-14(2)3/h5,7-12,14,24H,4,6,13H2,1-3H3,(H,25,30)(H,26,28)(H,27,29). The van der Waals surface area contributed by atoms with Crippen LogP contribution in [0.3, 0.4) is 0 Å². The van der Waals surface area contributed by atoms with Gasteiger partial charge in [0.15, 0.2) is 0 Å². The molecule has 0 bridgehead atoms. The van der Waals surface area contributed by atoms with Crippen LogP contribution >= 0.6 is 11.6 Å². The van der Waals surface area contributed by atoms with E-state index in [1.807, 2.05) is 20.8 Å². The molecule has 0 fully saturated rings. The average Bonchev–Trinajstić information content (AvgIpc) is 2.68. The van der Waals surface area contributed by atoms with Crippen LogP contribution in [0.15, 0.2) is 42.5 Å². The minimum atomic E-state index is -0.298. The molecule has 8 heteroatoms. The highest BCUT2D eigenvalue weighted by Gasteiger charge is 2.10. The first-order valence-corrected chi connectivity index (χ1v) is 10.2. The highest BCUT2D eigenvalue weighted by Crippen LogP contribution is 2.25. The Morgan fingerprint density at radius 2 is 1.67 bits per heavy atom. The summed E-state index contributed by atoms with van der Waals surface area (Å²) < 4.78 is 0. The summed E-state index contributed by atoms with van der Waals surface area (Å²) in [6.45, 7) is 5.66. The van der Waals surface area contributed by atoms with Gasteiger partial charge in [-0.2, -0.15) is 0 Å². The summed E-state index contributed by atoms with van der Waals surface area (Å²) in [7, 11) is 0. The van der Waals surface area contributed by atoms with Crippen molar-refractivity contribution in [3.05, 3.63) is 53.1 Å². The Hall–Kier alpha value is -3.06. The maximum absolute atomic E-state index is 12.3. The van der Waals surface area contributed by atoms with E-state index in [4.69, 9.17) is 11.6 Å². The van der Waals surface area contributed by atoms with E-state index in [1.165, 1.54) is 0 Å². The van der Waals surface area contributed by atoms with Gasteiger partial charge in [0.2, 0.25) is 11.8 Å². The van der Waals surface area contributed by atoms with Crippen LogP contribution in [0, 0.1) is 0 Å². The van der Waals surface area contributed by atoms with E-state index in [0.29, 0.717) is 34.1 Å². The van der Waals surface area contributed by atoms with Crippen molar-refractivity contribution in [3.63, 3.8) is 0 Å². The van der Waals surface area contributed by atoms with E-state index in [9.17, 15) is 14.4 Å². The number of amides is 3. The highest BCUT2D eigenvalue weighted by atomic mass is 35.5. The van der Waals surface area contributed by atoms with Crippen molar-refractivity contribution < 1.29 is 14.4 Å².